The average molecular weight is 563 g/mol. The van der Waals surface area contributed by atoms with Crippen molar-refractivity contribution in [2.45, 2.75) is 51.0 Å². The number of benzene rings is 2. The minimum Gasteiger partial charge on any atom is -0.326 e. The number of nitrogens with zero attached hydrogens (tertiary/aromatic N) is 2. The molecule has 200 valence electrons. The standard InChI is InChI=1S/C30H28Cl2N4O3/c1-29(2)10-9-24(17-6-8-22(31)23(32)13-17)36(28(29)39)16-25(37)34-20-7-5-18-14-30(15-19(18)12-20)21-4-3-11-33-26(21)35-27(30)38/h3-8,11-13,24H,9-10,14-16H2,1-2H3,(H,34,37)(H,33,35,38). The minimum atomic E-state index is -0.673. The summed E-state index contributed by atoms with van der Waals surface area (Å²) in [6, 6.07) is 14.6. The van der Waals surface area contributed by atoms with Crippen LogP contribution in [0, 0.1) is 5.41 Å². The van der Waals surface area contributed by atoms with E-state index in [9.17, 15) is 14.4 Å². The second kappa shape index (κ2) is 9.35. The van der Waals surface area contributed by atoms with Gasteiger partial charge in [-0.25, -0.2) is 4.98 Å². The Kier molecular flexibility index (Phi) is 6.19. The van der Waals surface area contributed by atoms with Gasteiger partial charge in [0.15, 0.2) is 0 Å². The lowest BCUT2D eigenvalue weighted by Crippen LogP contribution is -2.50. The van der Waals surface area contributed by atoms with Crippen molar-refractivity contribution in [1.82, 2.24) is 9.88 Å². The third-order valence-electron chi connectivity index (χ3n) is 8.37. The highest BCUT2D eigenvalue weighted by Crippen LogP contribution is 2.47. The first-order valence-electron chi connectivity index (χ1n) is 13.0. The Labute approximate surface area is 236 Å². The van der Waals surface area contributed by atoms with E-state index in [4.69, 9.17) is 23.2 Å². The van der Waals surface area contributed by atoms with Crippen molar-refractivity contribution in [2.75, 3.05) is 17.2 Å². The third kappa shape index (κ3) is 4.38. The van der Waals surface area contributed by atoms with Crippen LogP contribution in [0.15, 0.2) is 54.7 Å². The maximum absolute atomic E-state index is 13.4. The first kappa shape index (κ1) is 25.8. The van der Waals surface area contributed by atoms with Gasteiger partial charge in [-0.1, -0.05) is 55.2 Å². The Morgan fingerprint density at radius 3 is 2.67 bits per heavy atom. The molecule has 0 saturated carbocycles. The van der Waals surface area contributed by atoms with E-state index in [0.717, 1.165) is 22.3 Å². The molecule has 3 heterocycles. The van der Waals surface area contributed by atoms with Crippen molar-refractivity contribution in [2.24, 2.45) is 5.41 Å². The number of nitrogens with one attached hydrogen (secondary N) is 2. The summed E-state index contributed by atoms with van der Waals surface area (Å²) < 4.78 is 0. The topological polar surface area (TPSA) is 91.4 Å². The number of carbonyl (C=O) groups excluding carboxylic acids is 3. The highest BCUT2D eigenvalue weighted by atomic mass is 35.5. The van der Waals surface area contributed by atoms with Crippen LogP contribution in [-0.2, 0) is 32.6 Å². The summed E-state index contributed by atoms with van der Waals surface area (Å²) in [5.41, 5.74) is 3.26. The van der Waals surface area contributed by atoms with Gasteiger partial charge in [0.1, 0.15) is 12.4 Å². The predicted molar refractivity (Wildman–Crippen MR) is 151 cm³/mol. The number of hydrogen-bond acceptors (Lipinski definition) is 4. The molecule has 2 N–H and O–H groups in total. The SMILES string of the molecule is CC1(C)CCC(c2ccc(Cl)c(Cl)c2)N(CC(=O)Nc2ccc3c(c2)CC2(C3)C(=O)Nc3ncccc32)C1=O. The van der Waals surface area contributed by atoms with Gasteiger partial charge < -0.3 is 15.5 Å². The molecule has 2 aromatic carbocycles. The number of hydrogen-bond donors (Lipinski definition) is 2. The van der Waals surface area contributed by atoms with Crippen molar-refractivity contribution >= 4 is 52.4 Å². The van der Waals surface area contributed by atoms with E-state index in [1.54, 1.807) is 23.2 Å². The number of rotatable bonds is 4. The van der Waals surface area contributed by atoms with E-state index >= 15 is 0 Å². The van der Waals surface area contributed by atoms with Crippen LogP contribution in [0.2, 0.25) is 10.0 Å². The molecule has 39 heavy (non-hydrogen) atoms. The molecule has 9 heteroatoms. The van der Waals surface area contributed by atoms with Gasteiger partial charge in [0.05, 0.1) is 21.5 Å². The number of aromatic nitrogens is 1. The number of likely N-dealkylation sites (tertiary alicyclic amines) is 1. The van der Waals surface area contributed by atoms with Crippen LogP contribution in [0.25, 0.3) is 0 Å². The zero-order chi connectivity index (χ0) is 27.5. The van der Waals surface area contributed by atoms with E-state index in [0.29, 0.717) is 47.2 Å². The van der Waals surface area contributed by atoms with E-state index < -0.39 is 10.8 Å². The lowest BCUT2D eigenvalue weighted by molar-refractivity contribution is -0.150. The number of pyridine rings is 1. The summed E-state index contributed by atoms with van der Waals surface area (Å²) in [5, 5.41) is 6.76. The number of amides is 3. The van der Waals surface area contributed by atoms with Gasteiger partial charge in [-0.2, -0.15) is 0 Å². The molecule has 3 aliphatic rings. The quantitative estimate of drug-likeness (QED) is 0.426. The molecule has 2 aliphatic heterocycles. The average Bonchev–Trinajstić information content (AvgIpc) is 3.41. The van der Waals surface area contributed by atoms with E-state index in [-0.39, 0.29) is 30.3 Å². The summed E-state index contributed by atoms with van der Waals surface area (Å²) >= 11 is 12.4. The molecule has 1 spiro atoms. The normalized spacial score (nSPS) is 23.0. The van der Waals surface area contributed by atoms with Gasteiger partial charge in [-0.15, -0.1) is 0 Å². The summed E-state index contributed by atoms with van der Waals surface area (Å²) in [4.78, 5) is 45.7. The van der Waals surface area contributed by atoms with Gasteiger partial charge in [-0.05, 0) is 72.7 Å². The predicted octanol–water partition coefficient (Wildman–Crippen LogP) is 5.71. The summed E-state index contributed by atoms with van der Waals surface area (Å²) in [6.45, 7) is 3.73. The number of carbonyl (C=O) groups is 3. The Bertz CT molecular complexity index is 1540. The van der Waals surface area contributed by atoms with Crippen LogP contribution in [0.5, 0.6) is 0 Å². The maximum atomic E-state index is 13.4. The molecule has 3 amide bonds. The fourth-order valence-corrected chi connectivity index (χ4v) is 6.55. The van der Waals surface area contributed by atoms with Crippen LogP contribution in [0.4, 0.5) is 11.5 Å². The summed E-state index contributed by atoms with van der Waals surface area (Å²) in [7, 11) is 0. The molecular weight excluding hydrogens is 535 g/mol. The molecule has 1 aromatic heterocycles. The number of fused-ring (bicyclic) bond motifs is 3. The molecule has 7 nitrogen and oxygen atoms in total. The van der Waals surface area contributed by atoms with E-state index in [1.807, 2.05) is 50.2 Å². The van der Waals surface area contributed by atoms with Crippen molar-refractivity contribution in [3.63, 3.8) is 0 Å². The molecule has 1 aliphatic carbocycles. The molecule has 2 atom stereocenters. The number of anilines is 2. The van der Waals surface area contributed by atoms with Crippen LogP contribution in [-0.4, -0.2) is 34.2 Å². The van der Waals surface area contributed by atoms with Crippen molar-refractivity contribution < 1.29 is 14.4 Å². The van der Waals surface area contributed by atoms with Gasteiger partial charge in [0.2, 0.25) is 17.7 Å². The van der Waals surface area contributed by atoms with Crippen molar-refractivity contribution in [3.05, 3.63) is 87.0 Å². The first-order valence-corrected chi connectivity index (χ1v) is 13.8. The largest absolute Gasteiger partial charge is 0.326 e. The summed E-state index contributed by atoms with van der Waals surface area (Å²) in [6.07, 6.45) is 4.21. The highest BCUT2D eigenvalue weighted by molar-refractivity contribution is 6.42. The zero-order valence-electron chi connectivity index (χ0n) is 21.7. The van der Waals surface area contributed by atoms with E-state index in [1.165, 1.54) is 0 Å². The number of piperidine rings is 1. The van der Waals surface area contributed by atoms with Gasteiger partial charge in [0.25, 0.3) is 0 Å². The molecule has 0 radical (unpaired) electrons. The van der Waals surface area contributed by atoms with Crippen molar-refractivity contribution in [1.29, 1.82) is 0 Å². The second-order valence-corrected chi connectivity index (χ2v) is 12.2. The molecular formula is C30H28Cl2N4O3. The smallest absolute Gasteiger partial charge is 0.244 e. The Morgan fingerprint density at radius 2 is 1.87 bits per heavy atom. The lowest BCUT2D eigenvalue weighted by Gasteiger charge is -2.43. The Hall–Kier alpha value is -3.42. The molecule has 1 saturated heterocycles. The fourth-order valence-electron chi connectivity index (χ4n) is 6.24. The monoisotopic (exact) mass is 562 g/mol. The van der Waals surface area contributed by atoms with Gasteiger partial charge >= 0.3 is 0 Å². The summed E-state index contributed by atoms with van der Waals surface area (Å²) in [5.74, 6) is 0.217. The highest BCUT2D eigenvalue weighted by Gasteiger charge is 2.51. The van der Waals surface area contributed by atoms with Crippen LogP contribution >= 0.6 is 23.2 Å². The van der Waals surface area contributed by atoms with Crippen LogP contribution in [0.1, 0.15) is 55.0 Å². The second-order valence-electron chi connectivity index (χ2n) is 11.4. The Balaban J connectivity index is 1.21. The molecule has 6 rings (SSSR count). The maximum Gasteiger partial charge on any atom is 0.244 e. The zero-order valence-corrected chi connectivity index (χ0v) is 23.2. The molecule has 1 fully saturated rings. The van der Waals surface area contributed by atoms with Crippen LogP contribution in [0.3, 0.4) is 0 Å². The van der Waals surface area contributed by atoms with E-state index in [2.05, 4.69) is 15.6 Å². The van der Waals surface area contributed by atoms with Crippen molar-refractivity contribution in [3.8, 4) is 0 Å². The first-order chi connectivity index (χ1) is 18.6. The molecule has 2 unspecified atom stereocenters. The third-order valence-corrected chi connectivity index (χ3v) is 9.10. The Morgan fingerprint density at radius 1 is 1.08 bits per heavy atom. The van der Waals surface area contributed by atoms with Gasteiger partial charge in [-0.3, -0.25) is 14.4 Å². The van der Waals surface area contributed by atoms with Gasteiger partial charge in [0, 0.05) is 22.9 Å². The molecule has 3 aromatic rings. The van der Waals surface area contributed by atoms with Crippen LogP contribution < -0.4 is 10.6 Å². The minimum absolute atomic E-state index is 0.0439. The number of halogens is 2. The fraction of sp³-hybridized carbons (Fsp3) is 0.333. The lowest BCUT2D eigenvalue weighted by atomic mass is 9.78. The molecule has 0 bridgehead atoms.